The molecule has 106 valence electrons. The maximum Gasteiger partial charge on any atom is 0.0300 e. The van der Waals surface area contributed by atoms with Crippen LogP contribution in [0.3, 0.4) is 0 Å². The molecule has 1 aliphatic rings. The highest BCUT2D eigenvalue weighted by molar-refractivity contribution is 5.16. The molecule has 0 aromatic rings. The van der Waals surface area contributed by atoms with Gasteiger partial charge in [0.05, 0.1) is 0 Å². The lowest BCUT2D eigenvalue weighted by atomic mass is 10.0. The summed E-state index contributed by atoms with van der Waals surface area (Å²) in [5, 5.41) is 3.71. The first-order valence-electron chi connectivity index (χ1n) is 7.81. The maximum absolute atomic E-state index is 3.71. The number of allylic oxidation sites excluding steroid dienone is 1. The third-order valence-electron chi connectivity index (χ3n) is 3.92. The average molecular weight is 252 g/mol. The number of hydrogen-bond donors (Lipinski definition) is 1. The molecule has 2 heteroatoms. The molecule has 1 heterocycles. The molecule has 1 rings (SSSR count). The van der Waals surface area contributed by atoms with Gasteiger partial charge in [-0.05, 0) is 43.7 Å². The Morgan fingerprint density at radius 2 is 1.94 bits per heavy atom. The van der Waals surface area contributed by atoms with E-state index in [0.29, 0.717) is 6.04 Å². The summed E-state index contributed by atoms with van der Waals surface area (Å²) >= 11 is 0. The molecule has 0 aromatic carbocycles. The molecule has 0 aliphatic carbocycles. The summed E-state index contributed by atoms with van der Waals surface area (Å²) in [6, 6.07) is 0.704. The fraction of sp³-hybridized carbons (Fsp3) is 0.875. The van der Waals surface area contributed by atoms with E-state index in [9.17, 15) is 0 Å². The van der Waals surface area contributed by atoms with Crippen molar-refractivity contribution < 1.29 is 0 Å². The minimum absolute atomic E-state index is 0.704. The number of nitrogens with zero attached hydrogens (tertiary/aromatic N) is 1. The highest BCUT2D eigenvalue weighted by Crippen LogP contribution is 2.21. The summed E-state index contributed by atoms with van der Waals surface area (Å²) in [4.78, 5) is 2.70. The Balaban J connectivity index is 2.80. The van der Waals surface area contributed by atoms with Gasteiger partial charge < -0.3 is 5.32 Å². The Labute approximate surface area is 114 Å². The van der Waals surface area contributed by atoms with Gasteiger partial charge in [0.2, 0.25) is 0 Å². The van der Waals surface area contributed by atoms with Gasteiger partial charge in [-0.2, -0.15) is 0 Å². The van der Waals surface area contributed by atoms with E-state index >= 15 is 0 Å². The molecule has 0 saturated heterocycles. The minimum Gasteiger partial charge on any atom is -0.387 e. The summed E-state index contributed by atoms with van der Waals surface area (Å²) in [5.74, 6) is 0.782. The first-order valence-corrected chi connectivity index (χ1v) is 7.81. The van der Waals surface area contributed by atoms with E-state index in [2.05, 4.69) is 44.8 Å². The van der Waals surface area contributed by atoms with Crippen molar-refractivity contribution in [2.24, 2.45) is 5.92 Å². The SMILES string of the molecule is CCCN1CC(CC)=C(CC)NC[C@H]1CC(C)C. The van der Waals surface area contributed by atoms with E-state index in [4.69, 9.17) is 0 Å². The standard InChI is InChI=1S/C16H32N2/c1-6-9-18-12-14(7-2)16(8-3)17-11-15(18)10-13(4)5/h13,15,17H,6-12H2,1-5H3/t15-/m1/s1. The fourth-order valence-electron chi connectivity index (χ4n) is 2.99. The summed E-state index contributed by atoms with van der Waals surface area (Å²) < 4.78 is 0. The molecule has 1 N–H and O–H groups in total. The van der Waals surface area contributed by atoms with Crippen LogP contribution in [0, 0.1) is 5.92 Å². The van der Waals surface area contributed by atoms with Gasteiger partial charge in [0, 0.05) is 24.8 Å². The zero-order valence-corrected chi connectivity index (χ0v) is 13.1. The molecule has 0 fully saturated rings. The Hall–Kier alpha value is -0.500. The van der Waals surface area contributed by atoms with Gasteiger partial charge >= 0.3 is 0 Å². The number of rotatable bonds is 6. The summed E-state index contributed by atoms with van der Waals surface area (Å²) in [5.41, 5.74) is 3.13. The van der Waals surface area contributed by atoms with Gasteiger partial charge in [0.15, 0.2) is 0 Å². The predicted octanol–water partition coefficient (Wildman–Crippen LogP) is 3.79. The topological polar surface area (TPSA) is 15.3 Å². The molecule has 1 aliphatic heterocycles. The highest BCUT2D eigenvalue weighted by Gasteiger charge is 2.23. The molecule has 0 saturated carbocycles. The molecule has 2 nitrogen and oxygen atoms in total. The molecular weight excluding hydrogens is 220 g/mol. The largest absolute Gasteiger partial charge is 0.387 e. The van der Waals surface area contributed by atoms with Gasteiger partial charge in [-0.25, -0.2) is 0 Å². The molecule has 18 heavy (non-hydrogen) atoms. The van der Waals surface area contributed by atoms with Crippen LogP contribution in [-0.2, 0) is 0 Å². The molecule has 1 atom stereocenters. The summed E-state index contributed by atoms with van der Waals surface area (Å²) in [7, 11) is 0. The Morgan fingerprint density at radius 3 is 2.44 bits per heavy atom. The fourth-order valence-corrected chi connectivity index (χ4v) is 2.99. The van der Waals surface area contributed by atoms with Crippen molar-refractivity contribution in [1.82, 2.24) is 10.2 Å². The Kier molecular flexibility index (Phi) is 6.77. The molecule has 0 unspecified atom stereocenters. The lowest BCUT2D eigenvalue weighted by Gasteiger charge is -2.31. The van der Waals surface area contributed by atoms with Crippen LogP contribution in [0.4, 0.5) is 0 Å². The van der Waals surface area contributed by atoms with Crippen molar-refractivity contribution in [2.45, 2.75) is 66.3 Å². The van der Waals surface area contributed by atoms with Crippen LogP contribution in [0.1, 0.15) is 60.3 Å². The summed E-state index contributed by atoms with van der Waals surface area (Å²) in [6.45, 7) is 15.1. The smallest absolute Gasteiger partial charge is 0.0300 e. The van der Waals surface area contributed by atoms with Crippen molar-refractivity contribution in [3.05, 3.63) is 11.3 Å². The van der Waals surface area contributed by atoms with Crippen LogP contribution < -0.4 is 5.32 Å². The zero-order chi connectivity index (χ0) is 13.5. The van der Waals surface area contributed by atoms with E-state index in [1.165, 1.54) is 38.0 Å². The first-order chi connectivity index (χ1) is 8.62. The van der Waals surface area contributed by atoms with Crippen molar-refractivity contribution in [2.75, 3.05) is 19.6 Å². The van der Waals surface area contributed by atoms with Gasteiger partial charge in [-0.3, -0.25) is 4.90 Å². The number of hydrogen-bond acceptors (Lipinski definition) is 2. The first kappa shape index (κ1) is 15.6. The van der Waals surface area contributed by atoms with Crippen molar-refractivity contribution in [3.63, 3.8) is 0 Å². The van der Waals surface area contributed by atoms with Gasteiger partial charge in [-0.15, -0.1) is 0 Å². The second-order valence-electron chi connectivity index (χ2n) is 5.92. The van der Waals surface area contributed by atoms with Crippen LogP contribution in [0.2, 0.25) is 0 Å². The second-order valence-corrected chi connectivity index (χ2v) is 5.92. The Bertz CT molecular complexity index is 268. The van der Waals surface area contributed by atoms with E-state index in [-0.39, 0.29) is 0 Å². The lowest BCUT2D eigenvalue weighted by molar-refractivity contribution is 0.191. The average Bonchev–Trinajstić information content (AvgIpc) is 2.49. The predicted molar refractivity (Wildman–Crippen MR) is 80.7 cm³/mol. The lowest BCUT2D eigenvalue weighted by Crippen LogP contribution is -2.41. The molecule has 0 aromatic heterocycles. The van der Waals surface area contributed by atoms with Crippen molar-refractivity contribution in [3.8, 4) is 0 Å². The number of nitrogens with one attached hydrogen (secondary N) is 1. The third-order valence-corrected chi connectivity index (χ3v) is 3.92. The van der Waals surface area contributed by atoms with Crippen molar-refractivity contribution >= 4 is 0 Å². The molecule has 0 spiro atoms. The third kappa shape index (κ3) is 4.31. The van der Waals surface area contributed by atoms with Crippen LogP contribution in [0.25, 0.3) is 0 Å². The molecule has 0 radical (unpaired) electrons. The van der Waals surface area contributed by atoms with Gasteiger partial charge in [0.25, 0.3) is 0 Å². The van der Waals surface area contributed by atoms with E-state index in [1.807, 2.05) is 0 Å². The van der Waals surface area contributed by atoms with Crippen LogP contribution in [0.15, 0.2) is 11.3 Å². The highest BCUT2D eigenvalue weighted by atomic mass is 15.2. The maximum atomic E-state index is 3.71. The molecule has 0 amide bonds. The van der Waals surface area contributed by atoms with Crippen molar-refractivity contribution in [1.29, 1.82) is 0 Å². The summed E-state index contributed by atoms with van der Waals surface area (Å²) in [6.07, 6.45) is 4.90. The monoisotopic (exact) mass is 252 g/mol. The van der Waals surface area contributed by atoms with E-state index in [0.717, 1.165) is 18.9 Å². The quantitative estimate of drug-likeness (QED) is 0.773. The Morgan fingerprint density at radius 1 is 1.22 bits per heavy atom. The normalized spacial score (nSPS) is 22.2. The van der Waals surface area contributed by atoms with Gasteiger partial charge in [-0.1, -0.05) is 34.6 Å². The van der Waals surface area contributed by atoms with Crippen LogP contribution >= 0.6 is 0 Å². The van der Waals surface area contributed by atoms with Gasteiger partial charge in [0.1, 0.15) is 0 Å². The van der Waals surface area contributed by atoms with Crippen LogP contribution in [0.5, 0.6) is 0 Å². The van der Waals surface area contributed by atoms with E-state index in [1.54, 1.807) is 5.57 Å². The van der Waals surface area contributed by atoms with Crippen LogP contribution in [-0.4, -0.2) is 30.6 Å². The minimum atomic E-state index is 0.704. The van der Waals surface area contributed by atoms with E-state index < -0.39 is 0 Å². The second kappa shape index (κ2) is 7.83. The molecule has 0 bridgehead atoms. The molecular formula is C16H32N2. The zero-order valence-electron chi connectivity index (χ0n) is 13.1.